The molecule has 0 aliphatic rings. The van der Waals surface area contributed by atoms with Crippen LogP contribution >= 0.6 is 0 Å². The largest absolute Gasteiger partial charge is 0.330 e. The topological polar surface area (TPSA) is 47.1 Å². The Labute approximate surface area is 118 Å². The van der Waals surface area contributed by atoms with Gasteiger partial charge in [0.15, 0.2) is 0 Å². The third-order valence-corrected chi connectivity index (χ3v) is 3.98. The summed E-state index contributed by atoms with van der Waals surface area (Å²) in [6.07, 6.45) is 7.19. The Balaban J connectivity index is 2.49. The van der Waals surface area contributed by atoms with Crippen LogP contribution in [0.5, 0.6) is 0 Å². The Morgan fingerprint density at radius 1 is 1.32 bits per heavy atom. The molecule has 2 atom stereocenters. The number of hydrogen-bond acceptors (Lipinski definition) is 3. The van der Waals surface area contributed by atoms with Crippen molar-refractivity contribution < 1.29 is 0 Å². The quantitative estimate of drug-likeness (QED) is 0.747. The summed E-state index contributed by atoms with van der Waals surface area (Å²) in [5, 5.41) is 0. The molecule has 0 saturated carbocycles. The first-order valence-corrected chi connectivity index (χ1v) is 7.63. The minimum absolute atomic E-state index is 0.104. The highest BCUT2D eigenvalue weighted by molar-refractivity contribution is 5.05. The van der Waals surface area contributed by atoms with E-state index in [-0.39, 0.29) is 6.04 Å². The number of nitrogens with zero attached hydrogens (tertiary/aromatic N) is 3. The molecule has 0 fully saturated rings. The van der Waals surface area contributed by atoms with Gasteiger partial charge < -0.3 is 15.2 Å². The van der Waals surface area contributed by atoms with E-state index in [1.807, 2.05) is 12.5 Å². The molecule has 4 nitrogen and oxygen atoms in total. The molecule has 0 radical (unpaired) electrons. The second kappa shape index (κ2) is 8.33. The fourth-order valence-electron chi connectivity index (χ4n) is 2.47. The maximum atomic E-state index is 6.13. The first-order valence-electron chi connectivity index (χ1n) is 7.63. The normalized spacial score (nSPS) is 14.8. The molecule has 1 aromatic rings. The lowest BCUT2D eigenvalue weighted by Gasteiger charge is -2.22. The van der Waals surface area contributed by atoms with Gasteiger partial charge in [0.05, 0.1) is 12.0 Å². The van der Waals surface area contributed by atoms with Crippen molar-refractivity contribution >= 4 is 0 Å². The van der Waals surface area contributed by atoms with Crippen molar-refractivity contribution in [3.8, 4) is 0 Å². The molecule has 19 heavy (non-hydrogen) atoms. The minimum atomic E-state index is 0.104. The van der Waals surface area contributed by atoms with Gasteiger partial charge in [-0.25, -0.2) is 4.98 Å². The van der Waals surface area contributed by atoms with Gasteiger partial charge in [0.25, 0.3) is 0 Å². The van der Waals surface area contributed by atoms with Gasteiger partial charge in [0.1, 0.15) is 0 Å². The van der Waals surface area contributed by atoms with Gasteiger partial charge in [-0.15, -0.1) is 0 Å². The summed E-state index contributed by atoms with van der Waals surface area (Å²) in [4.78, 5) is 6.73. The van der Waals surface area contributed by atoms with Crippen LogP contribution in [0.2, 0.25) is 0 Å². The zero-order valence-corrected chi connectivity index (χ0v) is 13.0. The van der Waals surface area contributed by atoms with Gasteiger partial charge >= 0.3 is 0 Å². The average Bonchev–Trinajstić information content (AvgIpc) is 2.92. The highest BCUT2D eigenvalue weighted by Crippen LogP contribution is 2.21. The summed E-state index contributed by atoms with van der Waals surface area (Å²) in [5.41, 5.74) is 7.29. The molecular weight excluding hydrogens is 236 g/mol. The summed E-state index contributed by atoms with van der Waals surface area (Å²) in [6.45, 7) is 12.3. The van der Waals surface area contributed by atoms with Crippen LogP contribution in [-0.4, -0.2) is 34.1 Å². The van der Waals surface area contributed by atoms with E-state index < -0.39 is 0 Å². The van der Waals surface area contributed by atoms with Crippen molar-refractivity contribution in [1.82, 2.24) is 14.5 Å². The van der Waals surface area contributed by atoms with Crippen molar-refractivity contribution in [2.24, 2.45) is 5.73 Å². The molecule has 0 aromatic carbocycles. The maximum absolute atomic E-state index is 6.13. The lowest BCUT2D eigenvalue weighted by molar-refractivity contribution is 0.287. The molecule has 4 heteroatoms. The predicted molar refractivity (Wildman–Crippen MR) is 81.2 cm³/mol. The molecule has 1 aromatic heterocycles. The highest BCUT2D eigenvalue weighted by atomic mass is 15.1. The Morgan fingerprint density at radius 3 is 2.58 bits per heavy atom. The third-order valence-electron chi connectivity index (χ3n) is 3.98. The van der Waals surface area contributed by atoms with Gasteiger partial charge in [-0.05, 0) is 45.8 Å². The van der Waals surface area contributed by atoms with Crippen molar-refractivity contribution in [3.05, 3.63) is 18.2 Å². The predicted octanol–water partition coefficient (Wildman–Crippen LogP) is 2.98. The van der Waals surface area contributed by atoms with E-state index in [4.69, 9.17) is 5.73 Å². The number of imidazole rings is 1. The van der Waals surface area contributed by atoms with Crippen molar-refractivity contribution in [3.63, 3.8) is 0 Å². The van der Waals surface area contributed by atoms with E-state index in [0.717, 1.165) is 25.2 Å². The smallest absolute Gasteiger partial charge is 0.0951 e. The van der Waals surface area contributed by atoms with Crippen LogP contribution in [0.3, 0.4) is 0 Å². The Hall–Kier alpha value is -0.870. The highest BCUT2D eigenvalue weighted by Gasteiger charge is 2.14. The summed E-state index contributed by atoms with van der Waals surface area (Å²) in [5.74, 6) is 0. The zero-order valence-electron chi connectivity index (χ0n) is 13.0. The van der Waals surface area contributed by atoms with Crippen LogP contribution in [0, 0.1) is 0 Å². The number of hydrogen-bond donors (Lipinski definition) is 1. The fraction of sp³-hybridized carbons (Fsp3) is 0.800. The molecule has 1 rings (SSSR count). The van der Waals surface area contributed by atoms with Crippen molar-refractivity contribution in [2.45, 2.75) is 59.0 Å². The van der Waals surface area contributed by atoms with Crippen LogP contribution < -0.4 is 5.73 Å². The molecule has 110 valence electrons. The molecule has 0 saturated heterocycles. The first kappa shape index (κ1) is 16.2. The summed E-state index contributed by atoms with van der Waals surface area (Å²) in [7, 11) is 0. The first-order chi connectivity index (χ1) is 9.13. The second-order valence-electron chi connectivity index (χ2n) is 5.26. The van der Waals surface area contributed by atoms with E-state index in [0.29, 0.717) is 6.04 Å². The van der Waals surface area contributed by atoms with E-state index >= 15 is 0 Å². The minimum Gasteiger partial charge on any atom is -0.330 e. The SMILES string of the molecule is CC[C@@H](N)c1cncn1C(C)CCCN(CC)CC. The molecule has 0 bridgehead atoms. The number of rotatable bonds is 9. The van der Waals surface area contributed by atoms with Gasteiger partial charge in [0.2, 0.25) is 0 Å². The monoisotopic (exact) mass is 266 g/mol. The Morgan fingerprint density at radius 2 is 2.00 bits per heavy atom. The lowest BCUT2D eigenvalue weighted by atomic mass is 10.1. The van der Waals surface area contributed by atoms with Gasteiger partial charge in [0, 0.05) is 18.3 Å². The fourth-order valence-corrected chi connectivity index (χ4v) is 2.47. The Bertz CT molecular complexity index is 344. The standard InChI is InChI=1S/C15H30N4/c1-5-14(16)15-11-17-12-19(15)13(4)9-8-10-18(6-2)7-3/h11-14H,5-10,16H2,1-4H3/t13?,14-/m1/s1. The Kier molecular flexibility index (Phi) is 7.10. The van der Waals surface area contributed by atoms with Gasteiger partial charge in [-0.3, -0.25) is 0 Å². The maximum Gasteiger partial charge on any atom is 0.0951 e. The van der Waals surface area contributed by atoms with Crippen LogP contribution in [0.25, 0.3) is 0 Å². The van der Waals surface area contributed by atoms with E-state index in [9.17, 15) is 0 Å². The van der Waals surface area contributed by atoms with Crippen LogP contribution in [0.1, 0.15) is 64.7 Å². The second-order valence-corrected chi connectivity index (χ2v) is 5.26. The average molecular weight is 266 g/mol. The summed E-state index contributed by atoms with van der Waals surface area (Å²) in [6, 6.07) is 0.582. The summed E-state index contributed by atoms with van der Waals surface area (Å²) >= 11 is 0. The lowest BCUT2D eigenvalue weighted by Crippen LogP contribution is -2.24. The van der Waals surface area contributed by atoms with Crippen LogP contribution in [0.4, 0.5) is 0 Å². The summed E-state index contributed by atoms with van der Waals surface area (Å²) < 4.78 is 2.25. The molecule has 0 amide bonds. The number of aromatic nitrogens is 2. The van der Waals surface area contributed by atoms with Crippen LogP contribution in [0.15, 0.2) is 12.5 Å². The van der Waals surface area contributed by atoms with E-state index in [1.165, 1.54) is 19.4 Å². The van der Waals surface area contributed by atoms with E-state index in [2.05, 4.69) is 42.1 Å². The molecule has 1 heterocycles. The molecule has 0 aliphatic heterocycles. The van der Waals surface area contributed by atoms with Crippen molar-refractivity contribution in [2.75, 3.05) is 19.6 Å². The molecular formula is C15H30N4. The third kappa shape index (κ3) is 4.62. The van der Waals surface area contributed by atoms with Crippen LogP contribution in [-0.2, 0) is 0 Å². The van der Waals surface area contributed by atoms with Gasteiger partial charge in [-0.2, -0.15) is 0 Å². The molecule has 2 N–H and O–H groups in total. The van der Waals surface area contributed by atoms with Crippen molar-refractivity contribution in [1.29, 1.82) is 0 Å². The zero-order chi connectivity index (χ0) is 14.3. The molecule has 1 unspecified atom stereocenters. The van der Waals surface area contributed by atoms with Gasteiger partial charge in [-0.1, -0.05) is 20.8 Å². The van der Waals surface area contributed by atoms with E-state index in [1.54, 1.807) is 0 Å². The molecule has 0 spiro atoms. The molecule has 0 aliphatic carbocycles. The number of nitrogens with two attached hydrogens (primary N) is 1.